The third-order valence-corrected chi connectivity index (χ3v) is 4.69. The van der Waals surface area contributed by atoms with E-state index in [1.165, 1.54) is 6.92 Å². The highest BCUT2D eigenvalue weighted by Gasteiger charge is 2.33. The van der Waals surface area contributed by atoms with Crippen molar-refractivity contribution in [3.63, 3.8) is 0 Å². The molecule has 1 saturated carbocycles. The molecule has 4 atom stereocenters. The van der Waals surface area contributed by atoms with Crippen molar-refractivity contribution in [1.82, 2.24) is 20.8 Å². The normalized spacial score (nSPS) is 19.7. The molecule has 0 aliphatic heterocycles. The van der Waals surface area contributed by atoms with Gasteiger partial charge in [0, 0.05) is 0 Å². The summed E-state index contributed by atoms with van der Waals surface area (Å²) in [5, 5.41) is 36.4. The Hall–Kier alpha value is -2.24. The van der Waals surface area contributed by atoms with Crippen molar-refractivity contribution in [3.8, 4) is 0 Å². The van der Waals surface area contributed by atoms with Crippen molar-refractivity contribution in [1.29, 1.82) is 0 Å². The second kappa shape index (κ2) is 9.62. The van der Waals surface area contributed by atoms with Gasteiger partial charge in [-0.25, -0.2) is 9.59 Å². The third kappa shape index (κ3) is 5.62. The van der Waals surface area contributed by atoms with Gasteiger partial charge in [0.05, 0.1) is 18.8 Å². The zero-order valence-electron chi connectivity index (χ0n) is 15.2. The Bertz CT molecular complexity index is 631. The summed E-state index contributed by atoms with van der Waals surface area (Å²) in [6.45, 7) is 0.925. The van der Waals surface area contributed by atoms with Gasteiger partial charge in [-0.15, -0.1) is 0 Å². The van der Waals surface area contributed by atoms with Gasteiger partial charge >= 0.3 is 12.0 Å². The maximum Gasteiger partial charge on any atom is 0.328 e. The first kappa shape index (κ1) is 21.1. The molecule has 2 amide bonds. The Morgan fingerprint density at radius 3 is 2.52 bits per heavy atom. The zero-order valence-corrected chi connectivity index (χ0v) is 15.2. The van der Waals surface area contributed by atoms with Crippen molar-refractivity contribution in [3.05, 3.63) is 11.7 Å². The number of amides is 2. The van der Waals surface area contributed by atoms with E-state index >= 15 is 0 Å². The number of nitrogens with zero attached hydrogens (tertiary/aromatic N) is 2. The van der Waals surface area contributed by atoms with Crippen LogP contribution in [0.5, 0.6) is 0 Å². The number of aliphatic hydroxyl groups is 2. The predicted octanol–water partition coefficient (Wildman–Crippen LogP) is -0.184. The molecule has 0 bridgehead atoms. The van der Waals surface area contributed by atoms with E-state index in [-0.39, 0.29) is 24.2 Å². The number of hydrogen-bond donors (Lipinski definition) is 6. The number of aromatic nitrogens is 2. The van der Waals surface area contributed by atoms with E-state index in [2.05, 4.69) is 20.8 Å². The molecule has 11 heteroatoms. The molecule has 1 heterocycles. The van der Waals surface area contributed by atoms with Gasteiger partial charge in [-0.2, -0.15) is 4.98 Å². The quantitative estimate of drug-likeness (QED) is 0.353. The van der Waals surface area contributed by atoms with Gasteiger partial charge in [0.15, 0.2) is 11.9 Å². The number of carboxylic acid groups (broad SMARTS) is 1. The van der Waals surface area contributed by atoms with Crippen molar-refractivity contribution in [2.24, 2.45) is 11.7 Å². The average Bonchev–Trinajstić information content (AvgIpc) is 3.13. The summed E-state index contributed by atoms with van der Waals surface area (Å²) >= 11 is 0. The van der Waals surface area contributed by atoms with Gasteiger partial charge in [-0.05, 0) is 25.7 Å². The van der Waals surface area contributed by atoms with Gasteiger partial charge in [0.1, 0.15) is 6.04 Å². The van der Waals surface area contributed by atoms with Crippen LogP contribution in [0.2, 0.25) is 0 Å². The van der Waals surface area contributed by atoms with Crippen molar-refractivity contribution < 1.29 is 29.4 Å². The Morgan fingerprint density at radius 2 is 1.96 bits per heavy atom. The topological polar surface area (TPSA) is 184 Å². The highest BCUT2D eigenvalue weighted by Crippen LogP contribution is 2.34. The van der Waals surface area contributed by atoms with E-state index in [0.717, 1.165) is 32.1 Å². The lowest BCUT2D eigenvalue weighted by Crippen LogP contribution is -2.52. The molecule has 0 radical (unpaired) electrons. The van der Waals surface area contributed by atoms with E-state index in [1.807, 2.05) is 0 Å². The predicted molar refractivity (Wildman–Crippen MR) is 92.4 cm³/mol. The number of rotatable bonds is 8. The molecule has 1 aromatic rings. The number of hydrogen-bond acceptors (Lipinski definition) is 8. The molecule has 1 aliphatic carbocycles. The second-order valence-electron chi connectivity index (χ2n) is 6.83. The fraction of sp³-hybridized carbons (Fsp3) is 0.750. The highest BCUT2D eigenvalue weighted by atomic mass is 16.5. The van der Waals surface area contributed by atoms with Crippen LogP contribution in [0.1, 0.15) is 62.8 Å². The monoisotopic (exact) mass is 385 g/mol. The first-order valence-corrected chi connectivity index (χ1v) is 9.01. The van der Waals surface area contributed by atoms with Crippen LogP contribution in [0.4, 0.5) is 4.79 Å². The summed E-state index contributed by atoms with van der Waals surface area (Å²) < 4.78 is 5.24. The SMILES string of the molecule is CC(O)[C@H](NC(=O)NC(c1nc([C@H](N)CO)no1)C1CCCCC1)C(=O)O. The molecule has 11 nitrogen and oxygen atoms in total. The number of carbonyl (C=O) groups is 2. The summed E-state index contributed by atoms with van der Waals surface area (Å²) in [6.07, 6.45) is 3.50. The summed E-state index contributed by atoms with van der Waals surface area (Å²) in [4.78, 5) is 27.7. The molecule has 2 rings (SSSR count). The van der Waals surface area contributed by atoms with Crippen LogP contribution in [0.3, 0.4) is 0 Å². The smallest absolute Gasteiger partial charge is 0.328 e. The fourth-order valence-corrected chi connectivity index (χ4v) is 3.17. The molecule has 27 heavy (non-hydrogen) atoms. The molecule has 1 aliphatic rings. The first-order chi connectivity index (χ1) is 12.8. The maximum absolute atomic E-state index is 12.3. The number of aliphatic carboxylic acids is 1. The van der Waals surface area contributed by atoms with Gasteiger partial charge in [0.2, 0.25) is 5.89 Å². The minimum Gasteiger partial charge on any atom is -0.480 e. The molecule has 152 valence electrons. The van der Waals surface area contributed by atoms with E-state index in [9.17, 15) is 14.7 Å². The number of nitrogens with one attached hydrogen (secondary N) is 2. The van der Waals surface area contributed by atoms with Crippen LogP contribution >= 0.6 is 0 Å². The lowest BCUT2D eigenvalue weighted by Gasteiger charge is -2.29. The average molecular weight is 385 g/mol. The number of nitrogens with two attached hydrogens (primary N) is 1. The van der Waals surface area contributed by atoms with E-state index in [1.54, 1.807) is 0 Å². The lowest BCUT2D eigenvalue weighted by molar-refractivity contribution is -0.141. The molecule has 0 aromatic carbocycles. The molecule has 1 fully saturated rings. The van der Waals surface area contributed by atoms with E-state index < -0.39 is 36.2 Å². The number of urea groups is 1. The molecule has 0 spiro atoms. The maximum atomic E-state index is 12.3. The number of carbonyl (C=O) groups excluding carboxylic acids is 1. The van der Waals surface area contributed by atoms with E-state index in [0.29, 0.717) is 0 Å². The van der Waals surface area contributed by atoms with Crippen LogP contribution in [0, 0.1) is 5.92 Å². The summed E-state index contributed by atoms with van der Waals surface area (Å²) in [5.41, 5.74) is 5.69. The lowest BCUT2D eigenvalue weighted by atomic mass is 9.84. The Kier molecular flexibility index (Phi) is 7.51. The van der Waals surface area contributed by atoms with Gasteiger partial charge in [-0.3, -0.25) is 0 Å². The number of carboxylic acids is 1. The molecule has 0 saturated heterocycles. The molecular formula is C16H27N5O6. The first-order valence-electron chi connectivity index (χ1n) is 9.01. The van der Waals surface area contributed by atoms with Gasteiger partial charge in [0.25, 0.3) is 0 Å². The minimum absolute atomic E-state index is 0.0398. The summed E-state index contributed by atoms with van der Waals surface area (Å²) in [7, 11) is 0. The largest absolute Gasteiger partial charge is 0.480 e. The van der Waals surface area contributed by atoms with Crippen LogP contribution in [0.15, 0.2) is 4.52 Å². The molecule has 7 N–H and O–H groups in total. The van der Waals surface area contributed by atoms with Crippen LogP contribution in [-0.4, -0.2) is 56.2 Å². The fourth-order valence-electron chi connectivity index (χ4n) is 3.17. The van der Waals surface area contributed by atoms with Crippen LogP contribution in [-0.2, 0) is 4.79 Å². The Morgan fingerprint density at radius 1 is 1.30 bits per heavy atom. The van der Waals surface area contributed by atoms with Gasteiger partial charge < -0.3 is 36.2 Å². The van der Waals surface area contributed by atoms with Crippen molar-refractivity contribution >= 4 is 12.0 Å². The standard InChI is InChI=1S/C16H27N5O6/c1-8(23)11(15(24)25)18-16(26)19-12(9-5-3-2-4-6-9)14-20-13(21-27-14)10(17)7-22/h8-12,22-23H,2-7,17H2,1H3,(H,24,25)(H2,18,19,26)/t8?,10-,11+,12?/m1/s1. The molecule has 2 unspecified atom stereocenters. The third-order valence-electron chi connectivity index (χ3n) is 4.69. The zero-order chi connectivity index (χ0) is 20.0. The number of aliphatic hydroxyl groups excluding tert-OH is 2. The van der Waals surface area contributed by atoms with Gasteiger partial charge in [-0.1, -0.05) is 24.4 Å². The Balaban J connectivity index is 2.16. The highest BCUT2D eigenvalue weighted by molar-refractivity contribution is 5.83. The summed E-state index contributed by atoms with van der Waals surface area (Å²) in [6, 6.07) is -3.63. The molecular weight excluding hydrogens is 358 g/mol. The molecule has 1 aromatic heterocycles. The van der Waals surface area contributed by atoms with Crippen LogP contribution in [0.25, 0.3) is 0 Å². The van der Waals surface area contributed by atoms with E-state index in [4.69, 9.17) is 20.5 Å². The van der Waals surface area contributed by atoms with Crippen molar-refractivity contribution in [2.75, 3.05) is 6.61 Å². The van der Waals surface area contributed by atoms with Crippen molar-refractivity contribution in [2.45, 2.75) is 63.3 Å². The Labute approximate surface area is 156 Å². The minimum atomic E-state index is -1.45. The summed E-state index contributed by atoms with van der Waals surface area (Å²) in [5.74, 6) is -1.02. The van der Waals surface area contributed by atoms with Crippen LogP contribution < -0.4 is 16.4 Å². The second-order valence-corrected chi connectivity index (χ2v) is 6.83.